The van der Waals surface area contributed by atoms with Crippen LogP contribution in [-0.2, 0) is 9.53 Å². The van der Waals surface area contributed by atoms with Crippen LogP contribution in [0.1, 0.15) is 39.5 Å². The lowest BCUT2D eigenvalue weighted by Gasteiger charge is -2.32. The first-order chi connectivity index (χ1) is 5.49. The molecule has 0 unspecified atom stereocenters. The predicted octanol–water partition coefficient (Wildman–Crippen LogP) is 1.24. The Morgan fingerprint density at radius 3 is 2.42 bits per heavy atom. The maximum atomic E-state index is 10.6. The molecule has 0 heterocycles. The van der Waals surface area contributed by atoms with E-state index >= 15 is 0 Å². The number of rotatable bonds is 1. The van der Waals surface area contributed by atoms with Crippen LogP contribution in [0.25, 0.3) is 0 Å². The summed E-state index contributed by atoms with van der Waals surface area (Å²) in [6.07, 6.45) is 3.05. The van der Waals surface area contributed by atoms with Crippen LogP contribution >= 0.6 is 0 Å². The van der Waals surface area contributed by atoms with Crippen LogP contribution in [0.2, 0.25) is 0 Å². The minimum absolute atomic E-state index is 0.0303. The summed E-state index contributed by atoms with van der Waals surface area (Å²) in [6, 6.07) is 0. The Labute approximate surface area is 72.7 Å². The van der Waals surface area contributed by atoms with Crippen LogP contribution in [0.4, 0.5) is 0 Å². The standard InChI is InChI=1S/C9H16O3/c1-7(10)12-8-3-5-9(2,11)6-4-8/h8,11H,3-6H2,1-2H3/t8-,9-. The minimum atomic E-state index is -0.545. The van der Waals surface area contributed by atoms with Gasteiger partial charge in [-0.15, -0.1) is 0 Å². The van der Waals surface area contributed by atoms with E-state index in [1.807, 2.05) is 6.92 Å². The van der Waals surface area contributed by atoms with Gasteiger partial charge in [-0.3, -0.25) is 4.79 Å². The molecule has 3 heteroatoms. The number of hydrogen-bond acceptors (Lipinski definition) is 3. The second-order valence-electron chi connectivity index (χ2n) is 3.81. The van der Waals surface area contributed by atoms with E-state index in [0.717, 1.165) is 25.7 Å². The van der Waals surface area contributed by atoms with Gasteiger partial charge in [-0.2, -0.15) is 0 Å². The molecular weight excluding hydrogens is 156 g/mol. The molecular formula is C9H16O3. The van der Waals surface area contributed by atoms with Gasteiger partial charge in [0.25, 0.3) is 0 Å². The molecule has 1 fully saturated rings. The SMILES string of the molecule is CC(=O)O[C@H]1CC[C@](C)(O)CC1. The molecule has 0 amide bonds. The first kappa shape index (κ1) is 9.52. The van der Waals surface area contributed by atoms with Crippen molar-refractivity contribution in [3.63, 3.8) is 0 Å². The van der Waals surface area contributed by atoms with E-state index in [1.165, 1.54) is 6.92 Å². The fourth-order valence-corrected chi connectivity index (χ4v) is 1.57. The van der Waals surface area contributed by atoms with Crippen LogP contribution < -0.4 is 0 Å². The zero-order valence-electron chi connectivity index (χ0n) is 7.67. The van der Waals surface area contributed by atoms with E-state index in [1.54, 1.807) is 0 Å². The van der Waals surface area contributed by atoms with Gasteiger partial charge in [0.05, 0.1) is 5.60 Å². The Hall–Kier alpha value is -0.570. The molecule has 0 saturated heterocycles. The summed E-state index contributed by atoms with van der Waals surface area (Å²) in [5.74, 6) is -0.221. The topological polar surface area (TPSA) is 46.5 Å². The van der Waals surface area contributed by atoms with Crippen LogP contribution in [0.15, 0.2) is 0 Å². The molecule has 1 saturated carbocycles. The van der Waals surface area contributed by atoms with Crippen LogP contribution in [-0.4, -0.2) is 22.8 Å². The molecule has 0 aromatic rings. The van der Waals surface area contributed by atoms with Gasteiger partial charge in [0.2, 0.25) is 0 Å². The van der Waals surface area contributed by atoms with E-state index < -0.39 is 5.60 Å². The molecule has 0 aromatic carbocycles. The van der Waals surface area contributed by atoms with E-state index in [0.29, 0.717) is 0 Å². The lowest BCUT2D eigenvalue weighted by Crippen LogP contribution is -2.34. The maximum Gasteiger partial charge on any atom is 0.302 e. The first-order valence-corrected chi connectivity index (χ1v) is 4.39. The molecule has 0 radical (unpaired) electrons. The molecule has 12 heavy (non-hydrogen) atoms. The highest BCUT2D eigenvalue weighted by molar-refractivity contribution is 5.66. The van der Waals surface area contributed by atoms with Crippen molar-refractivity contribution >= 4 is 5.97 Å². The number of esters is 1. The Balaban J connectivity index is 2.31. The molecule has 70 valence electrons. The van der Waals surface area contributed by atoms with Gasteiger partial charge >= 0.3 is 5.97 Å². The van der Waals surface area contributed by atoms with Gasteiger partial charge in [-0.05, 0) is 32.6 Å². The van der Waals surface area contributed by atoms with Crippen molar-refractivity contribution in [3.05, 3.63) is 0 Å². The fraction of sp³-hybridized carbons (Fsp3) is 0.889. The highest BCUT2D eigenvalue weighted by Gasteiger charge is 2.29. The minimum Gasteiger partial charge on any atom is -0.463 e. The quantitative estimate of drug-likeness (QED) is 0.605. The van der Waals surface area contributed by atoms with Crippen molar-refractivity contribution in [3.8, 4) is 0 Å². The third kappa shape index (κ3) is 2.81. The largest absolute Gasteiger partial charge is 0.463 e. The molecule has 1 aliphatic carbocycles. The number of aliphatic hydroxyl groups is 1. The fourth-order valence-electron chi connectivity index (χ4n) is 1.57. The Kier molecular flexibility index (Phi) is 2.73. The van der Waals surface area contributed by atoms with Crippen molar-refractivity contribution in [2.75, 3.05) is 0 Å². The molecule has 1 rings (SSSR count). The second-order valence-corrected chi connectivity index (χ2v) is 3.81. The monoisotopic (exact) mass is 172 g/mol. The zero-order valence-corrected chi connectivity index (χ0v) is 7.67. The van der Waals surface area contributed by atoms with E-state index in [2.05, 4.69) is 0 Å². The van der Waals surface area contributed by atoms with Gasteiger partial charge in [-0.25, -0.2) is 0 Å². The van der Waals surface area contributed by atoms with Gasteiger partial charge in [0, 0.05) is 6.92 Å². The Morgan fingerprint density at radius 1 is 1.50 bits per heavy atom. The number of ether oxygens (including phenoxy) is 1. The number of carbonyl (C=O) groups is 1. The Morgan fingerprint density at radius 2 is 2.00 bits per heavy atom. The highest BCUT2D eigenvalue weighted by Crippen LogP contribution is 2.29. The van der Waals surface area contributed by atoms with E-state index in [9.17, 15) is 9.90 Å². The number of hydrogen-bond donors (Lipinski definition) is 1. The van der Waals surface area contributed by atoms with Gasteiger partial charge in [0.15, 0.2) is 0 Å². The predicted molar refractivity (Wildman–Crippen MR) is 44.6 cm³/mol. The smallest absolute Gasteiger partial charge is 0.302 e. The summed E-state index contributed by atoms with van der Waals surface area (Å²) >= 11 is 0. The third-order valence-electron chi connectivity index (χ3n) is 2.34. The third-order valence-corrected chi connectivity index (χ3v) is 2.34. The summed E-state index contributed by atoms with van der Waals surface area (Å²) in [5.41, 5.74) is -0.545. The van der Waals surface area contributed by atoms with Crippen LogP contribution in [0, 0.1) is 0 Å². The molecule has 0 bridgehead atoms. The van der Waals surface area contributed by atoms with E-state index in [4.69, 9.17) is 4.74 Å². The summed E-state index contributed by atoms with van der Waals surface area (Å²) in [6.45, 7) is 3.25. The van der Waals surface area contributed by atoms with Crippen LogP contribution in [0.3, 0.4) is 0 Å². The van der Waals surface area contributed by atoms with Gasteiger partial charge in [0.1, 0.15) is 6.10 Å². The van der Waals surface area contributed by atoms with Gasteiger partial charge in [-0.1, -0.05) is 0 Å². The Bertz CT molecular complexity index is 165. The zero-order chi connectivity index (χ0) is 9.19. The van der Waals surface area contributed by atoms with Crippen molar-refractivity contribution < 1.29 is 14.6 Å². The molecule has 0 atom stereocenters. The summed E-state index contributed by atoms with van der Waals surface area (Å²) in [7, 11) is 0. The van der Waals surface area contributed by atoms with Crippen molar-refractivity contribution in [1.82, 2.24) is 0 Å². The molecule has 1 N–H and O–H groups in total. The van der Waals surface area contributed by atoms with Gasteiger partial charge < -0.3 is 9.84 Å². The molecule has 1 aliphatic rings. The molecule has 0 aromatic heterocycles. The summed E-state index contributed by atoms with van der Waals surface area (Å²) in [4.78, 5) is 10.6. The average Bonchev–Trinajstić information content (AvgIpc) is 1.93. The first-order valence-electron chi connectivity index (χ1n) is 4.39. The molecule has 0 aliphatic heterocycles. The second kappa shape index (κ2) is 3.44. The molecule has 0 spiro atoms. The van der Waals surface area contributed by atoms with Crippen molar-refractivity contribution in [1.29, 1.82) is 0 Å². The molecule has 3 nitrogen and oxygen atoms in total. The number of carbonyl (C=O) groups excluding carboxylic acids is 1. The highest BCUT2D eigenvalue weighted by atomic mass is 16.5. The summed E-state index contributed by atoms with van der Waals surface area (Å²) in [5, 5.41) is 9.59. The normalized spacial score (nSPS) is 36.1. The lowest BCUT2D eigenvalue weighted by atomic mass is 9.85. The van der Waals surface area contributed by atoms with Crippen molar-refractivity contribution in [2.45, 2.75) is 51.2 Å². The van der Waals surface area contributed by atoms with E-state index in [-0.39, 0.29) is 12.1 Å². The average molecular weight is 172 g/mol. The maximum absolute atomic E-state index is 10.6. The van der Waals surface area contributed by atoms with Crippen molar-refractivity contribution in [2.24, 2.45) is 0 Å². The lowest BCUT2D eigenvalue weighted by molar-refractivity contribution is -0.150. The summed E-state index contributed by atoms with van der Waals surface area (Å²) < 4.78 is 5.03. The van der Waals surface area contributed by atoms with Crippen LogP contribution in [0.5, 0.6) is 0 Å².